The molecule has 10 heteroatoms. The first-order valence-corrected chi connectivity index (χ1v) is 11.8. The highest BCUT2D eigenvalue weighted by Gasteiger charge is 2.65. The summed E-state index contributed by atoms with van der Waals surface area (Å²) < 4.78 is 33.8. The van der Waals surface area contributed by atoms with Crippen LogP contribution in [0.2, 0.25) is 0 Å². The largest absolute Gasteiger partial charge is 0.463 e. The van der Waals surface area contributed by atoms with Crippen molar-refractivity contribution in [1.29, 1.82) is 0 Å². The Hall–Kier alpha value is -3.82. The first kappa shape index (κ1) is 22.6. The first-order valence-electron chi connectivity index (χ1n) is 11.8. The van der Waals surface area contributed by atoms with Crippen LogP contribution in [-0.4, -0.2) is 44.7 Å². The van der Waals surface area contributed by atoms with E-state index in [2.05, 4.69) is 34.3 Å². The van der Waals surface area contributed by atoms with Crippen LogP contribution in [0.15, 0.2) is 36.7 Å². The monoisotopic (exact) mass is 491 g/mol. The number of ether oxygens (including phenoxy) is 1. The van der Waals surface area contributed by atoms with E-state index in [1.54, 1.807) is 12.3 Å². The second-order valence-corrected chi connectivity index (χ2v) is 10.2. The lowest BCUT2D eigenvalue weighted by Crippen LogP contribution is -2.39. The van der Waals surface area contributed by atoms with Gasteiger partial charge in [-0.2, -0.15) is 5.10 Å². The van der Waals surface area contributed by atoms with Crippen molar-refractivity contribution >= 4 is 11.9 Å². The van der Waals surface area contributed by atoms with Crippen molar-refractivity contribution in [3.63, 3.8) is 0 Å². The Bertz CT molecular complexity index is 1410. The number of cyclic esters (lactones) is 1. The van der Waals surface area contributed by atoms with E-state index in [1.807, 2.05) is 0 Å². The van der Waals surface area contributed by atoms with Crippen LogP contribution in [0.5, 0.6) is 0 Å². The highest BCUT2D eigenvalue weighted by Crippen LogP contribution is 2.69. The van der Waals surface area contributed by atoms with Crippen LogP contribution in [0, 0.1) is 17.0 Å². The number of amides is 1. The molecule has 1 saturated carbocycles. The first-order chi connectivity index (χ1) is 17.2. The maximum absolute atomic E-state index is 14.5. The third-order valence-corrected chi connectivity index (χ3v) is 8.10. The van der Waals surface area contributed by atoms with Crippen LogP contribution in [-0.2, 0) is 14.9 Å². The lowest BCUT2D eigenvalue weighted by atomic mass is 9.66. The van der Waals surface area contributed by atoms with Crippen molar-refractivity contribution in [1.82, 2.24) is 25.5 Å². The molecule has 0 radical (unpaired) electrons. The molecule has 1 saturated heterocycles. The Balaban J connectivity index is 1.41. The molecule has 3 aromatic rings. The van der Waals surface area contributed by atoms with Gasteiger partial charge in [-0.15, -0.1) is 5.10 Å². The summed E-state index contributed by atoms with van der Waals surface area (Å²) in [6, 6.07) is 5.04. The molecular formula is C26H23F2N5O3. The summed E-state index contributed by atoms with van der Waals surface area (Å²) in [6.07, 6.45) is 4.70. The molecular weight excluding hydrogens is 468 g/mol. The van der Waals surface area contributed by atoms with Gasteiger partial charge in [0.15, 0.2) is 0 Å². The van der Waals surface area contributed by atoms with E-state index in [0.29, 0.717) is 11.4 Å². The van der Waals surface area contributed by atoms with Gasteiger partial charge in [-0.3, -0.25) is 14.6 Å². The second kappa shape index (κ2) is 7.84. The van der Waals surface area contributed by atoms with Gasteiger partial charge < -0.3 is 10.1 Å². The molecule has 2 aromatic heterocycles. The fraction of sp³-hybridized carbons (Fsp3) is 0.385. The molecule has 0 unspecified atom stereocenters. The summed E-state index contributed by atoms with van der Waals surface area (Å²) in [5.41, 5.74) is 1.24. The van der Waals surface area contributed by atoms with Gasteiger partial charge in [0, 0.05) is 6.20 Å². The number of aromatic nitrogens is 4. The van der Waals surface area contributed by atoms with Gasteiger partial charge >= 0.3 is 5.97 Å². The lowest BCUT2D eigenvalue weighted by molar-refractivity contribution is -0.137. The summed E-state index contributed by atoms with van der Waals surface area (Å²) in [7, 11) is 0. The molecule has 2 bridgehead atoms. The average Bonchev–Trinajstić information content (AvgIpc) is 3.44. The molecule has 3 heterocycles. The van der Waals surface area contributed by atoms with E-state index < -0.39 is 29.0 Å². The minimum absolute atomic E-state index is 0.0671. The molecule has 3 atom stereocenters. The fourth-order valence-corrected chi connectivity index (χ4v) is 6.30. The third kappa shape index (κ3) is 3.09. The van der Waals surface area contributed by atoms with Gasteiger partial charge in [-0.1, -0.05) is 19.9 Å². The van der Waals surface area contributed by atoms with Crippen LogP contribution >= 0.6 is 0 Å². The molecule has 1 aromatic carbocycles. The summed E-state index contributed by atoms with van der Waals surface area (Å²) in [5, 5.41) is 11.5. The molecule has 1 aliphatic heterocycles. The molecule has 1 N–H and O–H groups in total. The van der Waals surface area contributed by atoms with Crippen LogP contribution in [0.4, 0.5) is 8.78 Å². The predicted molar refractivity (Wildman–Crippen MR) is 123 cm³/mol. The molecule has 1 amide bonds. The van der Waals surface area contributed by atoms with Crippen molar-refractivity contribution in [3.8, 4) is 11.3 Å². The van der Waals surface area contributed by atoms with Crippen LogP contribution < -0.4 is 5.32 Å². The molecule has 36 heavy (non-hydrogen) atoms. The normalized spacial score (nSPS) is 25.5. The Labute approximate surface area is 205 Å². The molecule has 184 valence electrons. The molecule has 0 spiro atoms. The number of benzene rings is 1. The average molecular weight is 491 g/mol. The number of hydrogen-bond acceptors (Lipinski definition) is 7. The number of rotatable bonds is 4. The topological polar surface area (TPSA) is 107 Å². The Morgan fingerprint density at radius 3 is 2.67 bits per heavy atom. The van der Waals surface area contributed by atoms with Gasteiger partial charge in [0.05, 0.1) is 46.7 Å². The SMILES string of the molecule is CC1(C)[C@H]2CC[C@]1(c1cncc(C(=O)N[C@@H]3COC(=O)C3)n1)c1nnc(-c3c(F)cccc3F)cc12. The van der Waals surface area contributed by atoms with Crippen LogP contribution in [0.3, 0.4) is 0 Å². The lowest BCUT2D eigenvalue weighted by Gasteiger charge is -2.37. The summed E-state index contributed by atoms with van der Waals surface area (Å²) in [4.78, 5) is 33.2. The Morgan fingerprint density at radius 1 is 1.17 bits per heavy atom. The van der Waals surface area contributed by atoms with Crippen molar-refractivity contribution < 1.29 is 23.1 Å². The third-order valence-electron chi connectivity index (χ3n) is 8.10. The minimum atomic E-state index is -0.694. The highest BCUT2D eigenvalue weighted by atomic mass is 19.1. The number of nitrogens with zero attached hydrogens (tertiary/aromatic N) is 4. The van der Waals surface area contributed by atoms with E-state index in [9.17, 15) is 18.4 Å². The quantitative estimate of drug-likeness (QED) is 0.557. The van der Waals surface area contributed by atoms with Gasteiger partial charge in [-0.05, 0) is 47.9 Å². The molecule has 3 aliphatic rings. The van der Waals surface area contributed by atoms with Crippen LogP contribution in [0.1, 0.15) is 66.5 Å². The second-order valence-electron chi connectivity index (χ2n) is 10.2. The van der Waals surface area contributed by atoms with Gasteiger partial charge in [0.1, 0.15) is 23.9 Å². The summed E-state index contributed by atoms with van der Waals surface area (Å²) in [6.45, 7) is 4.36. The maximum Gasteiger partial charge on any atom is 0.308 e. The Kier molecular flexibility index (Phi) is 4.93. The zero-order chi connectivity index (χ0) is 25.2. The van der Waals surface area contributed by atoms with Crippen LogP contribution in [0.25, 0.3) is 11.3 Å². The van der Waals surface area contributed by atoms with E-state index in [4.69, 9.17) is 9.72 Å². The summed E-state index contributed by atoms with van der Waals surface area (Å²) >= 11 is 0. The number of carbonyl (C=O) groups is 2. The smallest absolute Gasteiger partial charge is 0.308 e. The van der Waals surface area contributed by atoms with Crippen molar-refractivity contribution in [2.45, 2.75) is 50.5 Å². The maximum atomic E-state index is 14.5. The number of hydrogen-bond donors (Lipinski definition) is 1. The highest BCUT2D eigenvalue weighted by molar-refractivity contribution is 5.92. The zero-order valence-electron chi connectivity index (χ0n) is 19.7. The van der Waals surface area contributed by atoms with Crippen molar-refractivity contribution in [3.05, 3.63) is 70.9 Å². The summed E-state index contributed by atoms with van der Waals surface area (Å²) in [5.74, 6) is -2.11. The minimum Gasteiger partial charge on any atom is -0.463 e. The molecule has 2 aliphatic carbocycles. The fourth-order valence-electron chi connectivity index (χ4n) is 6.30. The number of esters is 1. The number of carbonyl (C=O) groups excluding carboxylic acids is 2. The van der Waals surface area contributed by atoms with E-state index >= 15 is 0 Å². The standard InChI is InChI=1S/C26H23F2N5O3/c1-25(2)15-6-7-26(25,20-11-29-10-19(31-20)24(35)30-13-8-21(34)36-12-13)23-14(15)9-18(32-33-23)22-16(27)4-3-5-17(22)28/h3-5,9-11,13,15H,6-8,12H2,1-2H3,(H,30,35)/t13-,15-,26-/m0/s1. The molecule has 2 fully saturated rings. The van der Waals surface area contributed by atoms with Crippen molar-refractivity contribution in [2.24, 2.45) is 5.41 Å². The van der Waals surface area contributed by atoms with Gasteiger partial charge in [0.25, 0.3) is 5.91 Å². The predicted octanol–water partition coefficient (Wildman–Crippen LogP) is 3.46. The Morgan fingerprint density at radius 2 is 1.94 bits per heavy atom. The number of halogens is 2. The molecule has 8 nitrogen and oxygen atoms in total. The number of nitrogens with one attached hydrogen (secondary N) is 1. The zero-order valence-corrected chi connectivity index (χ0v) is 19.7. The van der Waals surface area contributed by atoms with Gasteiger partial charge in [0.2, 0.25) is 0 Å². The van der Waals surface area contributed by atoms with E-state index in [-0.39, 0.29) is 47.3 Å². The van der Waals surface area contributed by atoms with Gasteiger partial charge in [-0.25, -0.2) is 13.8 Å². The number of fused-ring (bicyclic) bond motifs is 5. The van der Waals surface area contributed by atoms with Crippen molar-refractivity contribution in [2.75, 3.05) is 6.61 Å². The van der Waals surface area contributed by atoms with E-state index in [0.717, 1.165) is 18.4 Å². The van der Waals surface area contributed by atoms with E-state index in [1.165, 1.54) is 24.4 Å². The molecule has 6 rings (SSSR count).